The van der Waals surface area contributed by atoms with Crippen molar-refractivity contribution >= 4 is 29.0 Å². The lowest BCUT2D eigenvalue weighted by molar-refractivity contribution is 0.0937. The topological polar surface area (TPSA) is 88.7 Å². The number of hydrazine groups is 1. The number of carbonyl (C=O) groups is 2. The average molecular weight is 373 g/mol. The molecule has 0 fully saturated rings. The van der Waals surface area contributed by atoms with Crippen molar-refractivity contribution in [2.24, 2.45) is 5.92 Å². The summed E-state index contributed by atoms with van der Waals surface area (Å²) < 4.78 is 10.5. The molecule has 1 aliphatic heterocycles. The second-order valence-corrected chi connectivity index (χ2v) is 7.46. The predicted octanol–water partition coefficient (Wildman–Crippen LogP) is 3.07. The quantitative estimate of drug-likeness (QED) is 0.706. The van der Waals surface area contributed by atoms with Crippen molar-refractivity contribution in [3.05, 3.63) is 39.6 Å². The van der Waals surface area contributed by atoms with Crippen LogP contribution in [0.15, 0.2) is 23.6 Å². The smallest absolute Gasteiger partial charge is 0.337 e. The van der Waals surface area contributed by atoms with Gasteiger partial charge in [0.1, 0.15) is 0 Å². The third-order valence-corrected chi connectivity index (χ3v) is 5.62. The van der Waals surface area contributed by atoms with E-state index in [1.54, 1.807) is 29.5 Å². The Hall–Kier alpha value is -2.74. The predicted molar refractivity (Wildman–Crippen MR) is 97.7 cm³/mol. The highest BCUT2D eigenvalue weighted by molar-refractivity contribution is 7.10. The lowest BCUT2D eigenvalue weighted by atomic mass is 9.88. The zero-order chi connectivity index (χ0) is 18.1. The Morgan fingerprint density at radius 3 is 2.92 bits per heavy atom. The van der Waals surface area contributed by atoms with E-state index in [9.17, 15) is 9.59 Å². The Balaban J connectivity index is 1.34. The average Bonchev–Trinajstić information content (AvgIpc) is 3.25. The van der Waals surface area contributed by atoms with Gasteiger partial charge in [-0.25, -0.2) is 10.2 Å². The van der Waals surface area contributed by atoms with E-state index in [4.69, 9.17) is 9.47 Å². The maximum Gasteiger partial charge on any atom is 0.337 e. The molecule has 3 N–H and O–H groups in total. The molecule has 2 heterocycles. The summed E-state index contributed by atoms with van der Waals surface area (Å²) in [5, 5.41) is 4.51. The summed E-state index contributed by atoms with van der Waals surface area (Å²) in [7, 11) is 0. The largest absolute Gasteiger partial charge is 0.454 e. The molecule has 0 spiro atoms. The first kappa shape index (κ1) is 16.7. The van der Waals surface area contributed by atoms with Crippen molar-refractivity contribution in [3.8, 4) is 11.5 Å². The highest BCUT2D eigenvalue weighted by atomic mass is 32.1. The number of benzene rings is 1. The standard InChI is InChI=1S/C18H19N3O4S/c1-10-2-4-12-13(8-26-16(12)6-10)17(22)20-21-18(23)19-11-3-5-14-15(7-11)25-9-24-14/h3,5,7-8,10H,2,4,6,9H2,1H3,(H,20,22)(H2,19,21,23)/t10-/m0/s1. The highest BCUT2D eigenvalue weighted by Crippen LogP contribution is 2.34. The Bertz CT molecular complexity index is 864. The van der Waals surface area contributed by atoms with Gasteiger partial charge in [-0.05, 0) is 42.9 Å². The lowest BCUT2D eigenvalue weighted by Crippen LogP contribution is -2.44. The molecule has 0 unspecified atom stereocenters. The van der Waals surface area contributed by atoms with E-state index in [1.165, 1.54) is 4.88 Å². The van der Waals surface area contributed by atoms with Crippen LogP contribution in [0.3, 0.4) is 0 Å². The van der Waals surface area contributed by atoms with Crippen LogP contribution in [0.5, 0.6) is 11.5 Å². The van der Waals surface area contributed by atoms with Crippen LogP contribution in [0, 0.1) is 5.92 Å². The maximum absolute atomic E-state index is 12.4. The molecule has 7 nitrogen and oxygen atoms in total. The van der Waals surface area contributed by atoms with Crippen LogP contribution in [0.2, 0.25) is 0 Å². The molecule has 1 aromatic heterocycles. The van der Waals surface area contributed by atoms with Crippen LogP contribution in [0.1, 0.15) is 34.1 Å². The zero-order valence-electron chi connectivity index (χ0n) is 14.3. The van der Waals surface area contributed by atoms with Gasteiger partial charge < -0.3 is 14.8 Å². The van der Waals surface area contributed by atoms with E-state index in [2.05, 4.69) is 23.1 Å². The molecule has 8 heteroatoms. The summed E-state index contributed by atoms with van der Waals surface area (Å²) in [5.41, 5.74) is 7.17. The summed E-state index contributed by atoms with van der Waals surface area (Å²) in [6.07, 6.45) is 3.01. The van der Waals surface area contributed by atoms with Gasteiger partial charge in [0.25, 0.3) is 5.91 Å². The van der Waals surface area contributed by atoms with Crippen LogP contribution in [0.25, 0.3) is 0 Å². The van der Waals surface area contributed by atoms with E-state index in [-0.39, 0.29) is 12.7 Å². The Morgan fingerprint density at radius 1 is 1.19 bits per heavy atom. The molecule has 26 heavy (non-hydrogen) atoms. The van der Waals surface area contributed by atoms with Crippen molar-refractivity contribution in [1.82, 2.24) is 10.9 Å². The van der Waals surface area contributed by atoms with Crippen molar-refractivity contribution in [1.29, 1.82) is 0 Å². The molecule has 4 rings (SSSR count). The SMILES string of the molecule is C[C@H]1CCc2c(C(=O)NNC(=O)Nc3ccc4c(c3)OCO4)csc2C1. The molecule has 0 saturated heterocycles. The van der Waals surface area contributed by atoms with Gasteiger partial charge in [-0.2, -0.15) is 0 Å². The number of carbonyl (C=O) groups excluding carboxylic acids is 2. The first-order valence-electron chi connectivity index (χ1n) is 8.46. The molecule has 0 radical (unpaired) electrons. The number of hydrogen-bond donors (Lipinski definition) is 3. The molecule has 2 aliphatic rings. The minimum absolute atomic E-state index is 0.171. The number of fused-ring (bicyclic) bond motifs is 2. The van der Waals surface area contributed by atoms with E-state index < -0.39 is 6.03 Å². The molecule has 0 bridgehead atoms. The second-order valence-electron chi connectivity index (χ2n) is 6.50. The summed E-state index contributed by atoms with van der Waals surface area (Å²) in [6.45, 7) is 2.40. The monoisotopic (exact) mass is 373 g/mol. The number of nitrogens with one attached hydrogen (secondary N) is 3. The summed E-state index contributed by atoms with van der Waals surface area (Å²) in [5.74, 6) is 1.58. The van der Waals surface area contributed by atoms with Gasteiger partial charge in [0.15, 0.2) is 11.5 Å². The van der Waals surface area contributed by atoms with E-state index >= 15 is 0 Å². The molecule has 0 saturated carbocycles. The zero-order valence-corrected chi connectivity index (χ0v) is 15.1. The number of rotatable bonds is 2. The second kappa shape index (κ2) is 6.87. The van der Waals surface area contributed by atoms with Gasteiger partial charge in [0, 0.05) is 22.0 Å². The molecule has 1 atom stereocenters. The number of urea groups is 1. The van der Waals surface area contributed by atoms with Crippen LogP contribution in [0.4, 0.5) is 10.5 Å². The lowest BCUT2D eigenvalue weighted by Gasteiger charge is -2.18. The number of amides is 3. The fourth-order valence-electron chi connectivity index (χ4n) is 3.19. The van der Waals surface area contributed by atoms with Gasteiger partial charge >= 0.3 is 6.03 Å². The first-order valence-corrected chi connectivity index (χ1v) is 9.34. The molecule has 1 aromatic carbocycles. The Labute approximate surface area is 154 Å². The van der Waals surface area contributed by atoms with E-state index in [0.717, 1.165) is 24.8 Å². The number of thiophene rings is 1. The molecular formula is C18H19N3O4S. The highest BCUT2D eigenvalue weighted by Gasteiger charge is 2.23. The first-order chi connectivity index (χ1) is 12.6. The molecular weight excluding hydrogens is 354 g/mol. The third kappa shape index (κ3) is 3.32. The molecule has 136 valence electrons. The third-order valence-electron chi connectivity index (χ3n) is 4.57. The Morgan fingerprint density at radius 2 is 2.04 bits per heavy atom. The van der Waals surface area contributed by atoms with Crippen molar-refractivity contribution in [2.75, 3.05) is 12.1 Å². The van der Waals surface area contributed by atoms with Crippen LogP contribution < -0.4 is 25.6 Å². The maximum atomic E-state index is 12.4. The summed E-state index contributed by atoms with van der Waals surface area (Å²) in [6, 6.07) is 4.55. The van der Waals surface area contributed by atoms with Crippen molar-refractivity contribution < 1.29 is 19.1 Å². The van der Waals surface area contributed by atoms with Gasteiger partial charge in [-0.15, -0.1) is 11.3 Å². The van der Waals surface area contributed by atoms with E-state index in [1.807, 2.05) is 5.38 Å². The van der Waals surface area contributed by atoms with Crippen LogP contribution >= 0.6 is 11.3 Å². The van der Waals surface area contributed by atoms with Crippen LogP contribution in [-0.4, -0.2) is 18.7 Å². The van der Waals surface area contributed by atoms with Gasteiger partial charge in [0.05, 0.1) is 5.56 Å². The summed E-state index contributed by atoms with van der Waals surface area (Å²) in [4.78, 5) is 25.7. The number of ether oxygens (including phenoxy) is 2. The van der Waals surface area contributed by atoms with Crippen molar-refractivity contribution in [3.63, 3.8) is 0 Å². The fraction of sp³-hybridized carbons (Fsp3) is 0.333. The molecule has 3 amide bonds. The number of hydrogen-bond acceptors (Lipinski definition) is 5. The summed E-state index contributed by atoms with van der Waals surface area (Å²) >= 11 is 1.62. The molecule has 2 aromatic rings. The van der Waals surface area contributed by atoms with Gasteiger partial charge in [0.2, 0.25) is 6.79 Å². The van der Waals surface area contributed by atoms with E-state index in [0.29, 0.717) is 28.7 Å². The normalized spacial score (nSPS) is 17.3. The molecule has 1 aliphatic carbocycles. The fourth-order valence-corrected chi connectivity index (χ4v) is 4.43. The van der Waals surface area contributed by atoms with Gasteiger partial charge in [-0.3, -0.25) is 10.2 Å². The number of anilines is 1. The van der Waals surface area contributed by atoms with Gasteiger partial charge in [-0.1, -0.05) is 6.92 Å². The van der Waals surface area contributed by atoms with Crippen molar-refractivity contribution in [2.45, 2.75) is 26.2 Å². The van der Waals surface area contributed by atoms with Crippen LogP contribution in [-0.2, 0) is 12.8 Å². The Kier molecular flexibility index (Phi) is 4.42. The minimum Gasteiger partial charge on any atom is -0.454 e. The minimum atomic E-state index is -0.532.